The summed E-state index contributed by atoms with van der Waals surface area (Å²) in [5, 5.41) is 5.79. The van der Waals surface area contributed by atoms with Crippen molar-refractivity contribution in [1.82, 2.24) is 20.5 Å². The van der Waals surface area contributed by atoms with E-state index in [0.717, 1.165) is 61.3 Å². The van der Waals surface area contributed by atoms with Gasteiger partial charge in [0.1, 0.15) is 24.8 Å². The number of nitrogens with zero attached hydrogens (tertiary/aromatic N) is 2. The summed E-state index contributed by atoms with van der Waals surface area (Å²) in [7, 11) is 0. The molecule has 41 heavy (non-hydrogen) atoms. The number of hydrogen-bond donors (Lipinski definition) is 2. The van der Waals surface area contributed by atoms with Crippen LogP contribution in [0.2, 0.25) is 0 Å². The van der Waals surface area contributed by atoms with Crippen LogP contribution in [0.1, 0.15) is 36.0 Å². The molecule has 218 valence electrons. The standard InChI is InChI=1S/C31H37FN4O5/c32-27-10-8-24(9-11-27)21-39-23-30(37)34-14-1-2-16-40-29-7-3-5-25(17-29)19-36-15-12-28(20-36)35-31(38)41-22-26-6-4-13-33-18-26/h3-11,13,17-18,28H,1-2,12,14-16,19-23H2,(H,34,37)(H,35,38). The predicted molar refractivity (Wildman–Crippen MR) is 151 cm³/mol. The van der Waals surface area contributed by atoms with E-state index >= 15 is 0 Å². The molecule has 0 saturated carbocycles. The van der Waals surface area contributed by atoms with Crippen molar-refractivity contribution in [3.05, 3.63) is 95.6 Å². The fraction of sp³-hybridized carbons (Fsp3) is 0.387. The number of pyridine rings is 1. The van der Waals surface area contributed by atoms with E-state index in [9.17, 15) is 14.0 Å². The predicted octanol–water partition coefficient (Wildman–Crippen LogP) is 4.21. The lowest BCUT2D eigenvalue weighted by Gasteiger charge is -2.17. The van der Waals surface area contributed by atoms with Gasteiger partial charge >= 0.3 is 6.09 Å². The number of unbranched alkanes of at least 4 members (excludes halogenated alkanes) is 1. The van der Waals surface area contributed by atoms with Crippen LogP contribution in [-0.4, -0.2) is 60.8 Å². The van der Waals surface area contributed by atoms with Gasteiger partial charge in [0.15, 0.2) is 0 Å². The molecule has 0 bridgehead atoms. The van der Waals surface area contributed by atoms with Crippen LogP contribution in [0.25, 0.3) is 0 Å². The second kappa shape index (κ2) is 16.3. The minimum atomic E-state index is -0.411. The van der Waals surface area contributed by atoms with Gasteiger partial charge in [-0.2, -0.15) is 0 Å². The number of aromatic nitrogens is 1. The Morgan fingerprint density at radius 1 is 1.00 bits per heavy atom. The summed E-state index contributed by atoms with van der Waals surface area (Å²) in [6.45, 7) is 3.95. The Hall–Kier alpha value is -4.02. The van der Waals surface area contributed by atoms with Crippen molar-refractivity contribution < 1.29 is 28.2 Å². The van der Waals surface area contributed by atoms with Gasteiger partial charge in [0.25, 0.3) is 0 Å². The molecule has 10 heteroatoms. The van der Waals surface area contributed by atoms with E-state index in [1.54, 1.807) is 24.5 Å². The van der Waals surface area contributed by atoms with E-state index < -0.39 is 6.09 Å². The lowest BCUT2D eigenvalue weighted by atomic mass is 10.2. The molecule has 1 unspecified atom stereocenters. The molecule has 1 aromatic heterocycles. The Labute approximate surface area is 240 Å². The minimum Gasteiger partial charge on any atom is -0.494 e. The summed E-state index contributed by atoms with van der Waals surface area (Å²) in [6, 6.07) is 17.8. The van der Waals surface area contributed by atoms with Crippen LogP contribution >= 0.6 is 0 Å². The van der Waals surface area contributed by atoms with Gasteiger partial charge in [-0.15, -0.1) is 0 Å². The van der Waals surface area contributed by atoms with Crippen molar-refractivity contribution >= 4 is 12.0 Å². The quantitative estimate of drug-likeness (QED) is 0.267. The summed E-state index contributed by atoms with van der Waals surface area (Å²) < 4.78 is 29.5. The second-order valence-electron chi connectivity index (χ2n) is 9.97. The summed E-state index contributed by atoms with van der Waals surface area (Å²) in [5.41, 5.74) is 2.82. The van der Waals surface area contributed by atoms with Crippen molar-refractivity contribution in [3.8, 4) is 5.75 Å². The summed E-state index contributed by atoms with van der Waals surface area (Å²) in [6.07, 6.45) is 5.41. The molecule has 4 rings (SSSR count). The number of hydrogen-bond acceptors (Lipinski definition) is 7. The van der Waals surface area contributed by atoms with Gasteiger partial charge in [-0.1, -0.05) is 30.3 Å². The Bertz CT molecular complexity index is 1230. The highest BCUT2D eigenvalue weighted by atomic mass is 19.1. The number of halogens is 1. The molecule has 0 aliphatic carbocycles. The van der Waals surface area contributed by atoms with Crippen LogP contribution in [0, 0.1) is 5.82 Å². The fourth-order valence-corrected chi connectivity index (χ4v) is 4.46. The molecule has 0 radical (unpaired) electrons. The molecule has 0 spiro atoms. The van der Waals surface area contributed by atoms with E-state index in [-0.39, 0.29) is 37.6 Å². The maximum absolute atomic E-state index is 12.9. The average molecular weight is 565 g/mol. The molecule has 1 aliphatic heterocycles. The number of ether oxygens (including phenoxy) is 3. The third kappa shape index (κ3) is 11.2. The molecule has 1 fully saturated rings. The molecule has 9 nitrogen and oxygen atoms in total. The number of rotatable bonds is 15. The molecule has 2 amide bonds. The van der Waals surface area contributed by atoms with Gasteiger partial charge in [0.2, 0.25) is 5.91 Å². The molecule has 2 N–H and O–H groups in total. The first-order valence-electron chi connectivity index (χ1n) is 13.9. The van der Waals surface area contributed by atoms with Crippen LogP contribution in [-0.2, 0) is 34.0 Å². The number of likely N-dealkylation sites (tertiary alicyclic amines) is 1. The van der Waals surface area contributed by atoms with E-state index in [1.807, 2.05) is 30.3 Å². The molecule has 2 aromatic carbocycles. The maximum Gasteiger partial charge on any atom is 0.407 e. The Morgan fingerprint density at radius 3 is 2.68 bits per heavy atom. The highest BCUT2D eigenvalue weighted by Gasteiger charge is 2.24. The first-order chi connectivity index (χ1) is 20.0. The lowest BCUT2D eigenvalue weighted by molar-refractivity contribution is -0.126. The number of carbonyl (C=O) groups excluding carboxylic acids is 2. The normalized spacial score (nSPS) is 14.9. The van der Waals surface area contributed by atoms with Gasteiger partial charge in [-0.05, 0) is 60.7 Å². The monoisotopic (exact) mass is 564 g/mol. The molecule has 1 saturated heterocycles. The number of carbonyl (C=O) groups is 2. The summed E-state index contributed by atoms with van der Waals surface area (Å²) in [4.78, 5) is 30.4. The second-order valence-corrected chi connectivity index (χ2v) is 9.97. The van der Waals surface area contributed by atoms with Crippen molar-refractivity contribution in [1.29, 1.82) is 0 Å². The van der Waals surface area contributed by atoms with Crippen molar-refractivity contribution in [2.24, 2.45) is 0 Å². The van der Waals surface area contributed by atoms with Gasteiger partial charge < -0.3 is 24.8 Å². The van der Waals surface area contributed by atoms with Gasteiger partial charge in [0, 0.05) is 50.2 Å². The molecule has 1 aliphatic rings. The zero-order chi connectivity index (χ0) is 28.7. The van der Waals surface area contributed by atoms with Crippen LogP contribution in [0.5, 0.6) is 5.75 Å². The van der Waals surface area contributed by atoms with Crippen LogP contribution in [0.15, 0.2) is 73.1 Å². The maximum atomic E-state index is 12.9. The van der Waals surface area contributed by atoms with Crippen LogP contribution in [0.3, 0.4) is 0 Å². The largest absolute Gasteiger partial charge is 0.494 e. The Balaban J connectivity index is 1.05. The fourth-order valence-electron chi connectivity index (χ4n) is 4.46. The first kappa shape index (κ1) is 30.0. The Kier molecular flexibility index (Phi) is 11.9. The molecular formula is C31H37FN4O5. The minimum absolute atomic E-state index is 0.0369. The summed E-state index contributed by atoms with van der Waals surface area (Å²) in [5.74, 6) is 0.335. The van der Waals surface area contributed by atoms with Crippen molar-refractivity contribution in [3.63, 3.8) is 0 Å². The molecule has 3 aromatic rings. The lowest BCUT2D eigenvalue weighted by Crippen LogP contribution is -2.37. The van der Waals surface area contributed by atoms with Crippen molar-refractivity contribution in [2.45, 2.75) is 45.1 Å². The summed E-state index contributed by atoms with van der Waals surface area (Å²) >= 11 is 0. The van der Waals surface area contributed by atoms with E-state index in [1.165, 1.54) is 12.1 Å². The number of amides is 2. The van der Waals surface area contributed by atoms with E-state index in [4.69, 9.17) is 14.2 Å². The first-order valence-corrected chi connectivity index (χ1v) is 13.9. The number of benzene rings is 2. The van der Waals surface area contributed by atoms with Gasteiger partial charge in [-0.3, -0.25) is 14.7 Å². The topological polar surface area (TPSA) is 102 Å². The smallest absolute Gasteiger partial charge is 0.407 e. The number of alkyl carbamates (subject to hydrolysis) is 1. The van der Waals surface area contributed by atoms with Crippen LogP contribution < -0.4 is 15.4 Å². The Morgan fingerprint density at radius 2 is 1.85 bits per heavy atom. The third-order valence-electron chi connectivity index (χ3n) is 6.57. The SMILES string of the molecule is O=C(COCc1ccc(F)cc1)NCCCCOc1cccc(CN2CCC(NC(=O)OCc3cccnc3)C2)c1. The van der Waals surface area contributed by atoms with Gasteiger partial charge in [0.05, 0.1) is 13.2 Å². The zero-order valence-electron chi connectivity index (χ0n) is 23.1. The van der Waals surface area contributed by atoms with Crippen LogP contribution in [0.4, 0.5) is 9.18 Å². The molecule has 2 heterocycles. The van der Waals surface area contributed by atoms with Crippen molar-refractivity contribution in [2.75, 3.05) is 32.8 Å². The molecule has 1 atom stereocenters. The van der Waals surface area contributed by atoms with E-state index in [0.29, 0.717) is 13.2 Å². The van der Waals surface area contributed by atoms with Gasteiger partial charge in [-0.25, -0.2) is 9.18 Å². The molecular weight excluding hydrogens is 527 g/mol. The zero-order valence-corrected chi connectivity index (χ0v) is 23.1. The third-order valence-corrected chi connectivity index (χ3v) is 6.57. The highest BCUT2D eigenvalue weighted by Crippen LogP contribution is 2.18. The number of nitrogens with one attached hydrogen (secondary N) is 2. The average Bonchev–Trinajstić information content (AvgIpc) is 3.42. The highest BCUT2D eigenvalue weighted by molar-refractivity contribution is 5.77. The van der Waals surface area contributed by atoms with E-state index in [2.05, 4.69) is 26.6 Å².